The fraction of sp³-hybridized carbons (Fsp3) is 0.600. The lowest BCUT2D eigenvalue weighted by molar-refractivity contribution is 0.299. The van der Waals surface area contributed by atoms with Gasteiger partial charge < -0.3 is 15.2 Å². The standard InChI is InChI=1S/C15H25NO2S/c1-5-16-15(12(3)19-11(2)10-17)13-6-8-14(18-4)9-7-13/h6-9,11-12,15-17H,5,10H2,1-4H3. The van der Waals surface area contributed by atoms with Gasteiger partial charge in [-0.3, -0.25) is 0 Å². The molecule has 0 heterocycles. The summed E-state index contributed by atoms with van der Waals surface area (Å²) < 4.78 is 5.19. The first-order chi connectivity index (χ1) is 9.12. The van der Waals surface area contributed by atoms with Crippen LogP contribution >= 0.6 is 11.8 Å². The SMILES string of the molecule is CCNC(c1ccc(OC)cc1)C(C)SC(C)CO. The van der Waals surface area contributed by atoms with Crippen molar-refractivity contribution in [3.05, 3.63) is 29.8 Å². The zero-order chi connectivity index (χ0) is 14.3. The molecular weight excluding hydrogens is 258 g/mol. The van der Waals surface area contributed by atoms with Gasteiger partial charge >= 0.3 is 0 Å². The van der Waals surface area contributed by atoms with Crippen LogP contribution in [0.3, 0.4) is 0 Å². The first-order valence-electron chi connectivity index (χ1n) is 6.76. The average molecular weight is 283 g/mol. The van der Waals surface area contributed by atoms with E-state index in [2.05, 4.69) is 38.2 Å². The van der Waals surface area contributed by atoms with Gasteiger partial charge in [0.15, 0.2) is 0 Å². The van der Waals surface area contributed by atoms with Crippen LogP contribution in [0.5, 0.6) is 5.75 Å². The minimum atomic E-state index is 0.219. The second-order valence-electron chi connectivity index (χ2n) is 4.64. The van der Waals surface area contributed by atoms with Gasteiger partial charge in [0.05, 0.1) is 13.7 Å². The number of hydrogen-bond donors (Lipinski definition) is 2. The molecule has 1 aromatic carbocycles. The first kappa shape index (κ1) is 16.3. The highest BCUT2D eigenvalue weighted by Gasteiger charge is 2.20. The predicted molar refractivity (Wildman–Crippen MR) is 83.0 cm³/mol. The van der Waals surface area contributed by atoms with E-state index in [0.717, 1.165) is 12.3 Å². The third-order valence-corrected chi connectivity index (χ3v) is 4.39. The van der Waals surface area contributed by atoms with Crippen LogP contribution in [0.2, 0.25) is 0 Å². The molecule has 0 spiro atoms. The lowest BCUT2D eigenvalue weighted by atomic mass is 10.0. The Bertz CT molecular complexity index is 356. The van der Waals surface area contributed by atoms with Gasteiger partial charge in [-0.2, -0.15) is 11.8 Å². The molecule has 0 amide bonds. The van der Waals surface area contributed by atoms with E-state index in [1.807, 2.05) is 23.9 Å². The van der Waals surface area contributed by atoms with Crippen LogP contribution in [0.1, 0.15) is 32.4 Å². The predicted octanol–water partition coefficient (Wildman–Crippen LogP) is 2.85. The fourth-order valence-electron chi connectivity index (χ4n) is 2.07. The Morgan fingerprint density at radius 3 is 2.37 bits per heavy atom. The molecule has 0 aromatic heterocycles. The number of aliphatic hydroxyl groups excluding tert-OH is 1. The Morgan fingerprint density at radius 2 is 1.89 bits per heavy atom. The molecule has 0 bridgehead atoms. The Balaban J connectivity index is 2.79. The number of thioether (sulfide) groups is 1. The van der Waals surface area contributed by atoms with Crippen molar-refractivity contribution in [2.75, 3.05) is 20.3 Å². The van der Waals surface area contributed by atoms with Crippen molar-refractivity contribution in [2.24, 2.45) is 0 Å². The van der Waals surface area contributed by atoms with Gasteiger partial charge in [-0.05, 0) is 24.2 Å². The second-order valence-corrected chi connectivity index (χ2v) is 6.46. The molecule has 0 saturated heterocycles. The van der Waals surface area contributed by atoms with E-state index < -0.39 is 0 Å². The molecule has 108 valence electrons. The highest BCUT2D eigenvalue weighted by atomic mass is 32.2. The minimum absolute atomic E-state index is 0.219. The Morgan fingerprint density at radius 1 is 1.26 bits per heavy atom. The summed E-state index contributed by atoms with van der Waals surface area (Å²) in [5.74, 6) is 0.878. The Hall–Kier alpha value is -0.710. The number of aliphatic hydroxyl groups is 1. The molecular formula is C15H25NO2S. The fourth-order valence-corrected chi connectivity index (χ4v) is 3.30. The molecule has 1 aromatic rings. The summed E-state index contributed by atoms with van der Waals surface area (Å²) >= 11 is 1.81. The topological polar surface area (TPSA) is 41.5 Å². The minimum Gasteiger partial charge on any atom is -0.497 e. The van der Waals surface area contributed by atoms with Crippen molar-refractivity contribution in [1.29, 1.82) is 0 Å². The lowest BCUT2D eigenvalue weighted by Gasteiger charge is -2.27. The molecule has 0 aliphatic heterocycles. The lowest BCUT2D eigenvalue weighted by Crippen LogP contribution is -2.29. The Labute approximate surface area is 120 Å². The number of ether oxygens (including phenoxy) is 1. The van der Waals surface area contributed by atoms with Crippen LogP contribution in [0.25, 0.3) is 0 Å². The van der Waals surface area contributed by atoms with Crippen LogP contribution in [0.4, 0.5) is 0 Å². The van der Waals surface area contributed by atoms with Gasteiger partial charge in [-0.1, -0.05) is 32.9 Å². The van der Waals surface area contributed by atoms with Gasteiger partial charge in [-0.15, -0.1) is 0 Å². The number of nitrogens with one attached hydrogen (secondary N) is 1. The van der Waals surface area contributed by atoms with Crippen LogP contribution in [0, 0.1) is 0 Å². The van der Waals surface area contributed by atoms with Gasteiger partial charge in [-0.25, -0.2) is 0 Å². The molecule has 4 heteroatoms. The highest BCUT2D eigenvalue weighted by Crippen LogP contribution is 2.30. The smallest absolute Gasteiger partial charge is 0.118 e. The second kappa shape index (κ2) is 8.46. The maximum atomic E-state index is 9.18. The van der Waals surface area contributed by atoms with Gasteiger partial charge in [0.25, 0.3) is 0 Å². The monoisotopic (exact) mass is 283 g/mol. The quantitative estimate of drug-likeness (QED) is 0.770. The molecule has 0 radical (unpaired) electrons. The molecule has 0 aliphatic rings. The summed E-state index contributed by atoms with van der Waals surface area (Å²) in [5, 5.41) is 13.4. The molecule has 3 unspecified atom stereocenters. The van der Waals surface area contributed by atoms with E-state index in [0.29, 0.717) is 5.25 Å². The molecule has 0 fully saturated rings. The summed E-state index contributed by atoms with van der Waals surface area (Å²) in [5.41, 5.74) is 1.26. The first-order valence-corrected chi connectivity index (χ1v) is 7.70. The average Bonchev–Trinajstić information content (AvgIpc) is 2.44. The summed E-state index contributed by atoms with van der Waals surface area (Å²) in [6.07, 6.45) is 0. The maximum Gasteiger partial charge on any atom is 0.118 e. The van der Waals surface area contributed by atoms with Crippen molar-refractivity contribution < 1.29 is 9.84 Å². The van der Waals surface area contributed by atoms with E-state index in [-0.39, 0.29) is 17.9 Å². The van der Waals surface area contributed by atoms with Gasteiger partial charge in [0, 0.05) is 16.5 Å². The molecule has 3 atom stereocenters. The normalized spacial score (nSPS) is 15.8. The molecule has 0 aliphatic carbocycles. The zero-order valence-electron chi connectivity index (χ0n) is 12.2. The summed E-state index contributed by atoms with van der Waals surface area (Å²) in [6.45, 7) is 7.52. The summed E-state index contributed by atoms with van der Waals surface area (Å²) in [7, 11) is 1.68. The van der Waals surface area contributed by atoms with Crippen molar-refractivity contribution in [1.82, 2.24) is 5.32 Å². The largest absolute Gasteiger partial charge is 0.497 e. The van der Waals surface area contributed by atoms with E-state index in [1.54, 1.807) is 7.11 Å². The molecule has 0 saturated carbocycles. The number of hydrogen-bond acceptors (Lipinski definition) is 4. The Kier molecular flexibility index (Phi) is 7.28. The number of benzene rings is 1. The number of methoxy groups -OCH3 is 1. The summed E-state index contributed by atoms with van der Waals surface area (Å²) in [6, 6.07) is 8.48. The highest BCUT2D eigenvalue weighted by molar-refractivity contribution is 8.00. The van der Waals surface area contributed by atoms with Crippen LogP contribution < -0.4 is 10.1 Å². The molecule has 19 heavy (non-hydrogen) atoms. The van der Waals surface area contributed by atoms with Crippen molar-refractivity contribution in [3.8, 4) is 5.75 Å². The van der Waals surface area contributed by atoms with Crippen molar-refractivity contribution in [3.63, 3.8) is 0 Å². The third kappa shape index (κ3) is 5.05. The zero-order valence-corrected chi connectivity index (χ0v) is 13.0. The van der Waals surface area contributed by atoms with Crippen LogP contribution in [-0.4, -0.2) is 35.9 Å². The molecule has 2 N–H and O–H groups in total. The van der Waals surface area contributed by atoms with Crippen LogP contribution in [-0.2, 0) is 0 Å². The third-order valence-electron chi connectivity index (χ3n) is 3.07. The number of rotatable bonds is 8. The van der Waals surface area contributed by atoms with E-state index in [9.17, 15) is 5.11 Å². The molecule has 1 rings (SSSR count). The van der Waals surface area contributed by atoms with Crippen molar-refractivity contribution in [2.45, 2.75) is 37.3 Å². The van der Waals surface area contributed by atoms with Crippen molar-refractivity contribution >= 4 is 11.8 Å². The van der Waals surface area contributed by atoms with E-state index >= 15 is 0 Å². The van der Waals surface area contributed by atoms with Crippen LogP contribution in [0.15, 0.2) is 24.3 Å². The van der Waals surface area contributed by atoms with Gasteiger partial charge in [0.2, 0.25) is 0 Å². The van der Waals surface area contributed by atoms with Gasteiger partial charge in [0.1, 0.15) is 5.75 Å². The maximum absolute atomic E-state index is 9.18. The van der Waals surface area contributed by atoms with E-state index in [1.165, 1.54) is 5.56 Å². The molecule has 3 nitrogen and oxygen atoms in total. The van der Waals surface area contributed by atoms with E-state index in [4.69, 9.17) is 4.74 Å². The summed E-state index contributed by atoms with van der Waals surface area (Å²) in [4.78, 5) is 0.